The molecule has 0 fully saturated rings. The first-order chi connectivity index (χ1) is 8.78. The summed E-state index contributed by atoms with van der Waals surface area (Å²) in [6.07, 6.45) is 2.86. The van der Waals surface area contributed by atoms with E-state index in [1.165, 1.54) is 5.56 Å². The molecule has 0 saturated heterocycles. The number of nitrogens with one attached hydrogen (secondary N) is 1. The number of aryl methyl sites for hydroxylation is 1. The summed E-state index contributed by atoms with van der Waals surface area (Å²) in [7, 11) is 0. The predicted octanol–water partition coefficient (Wildman–Crippen LogP) is 1.94. The van der Waals surface area contributed by atoms with Crippen LogP contribution in [0.15, 0.2) is 24.4 Å². The maximum atomic E-state index is 5.69. The second-order valence-electron chi connectivity index (χ2n) is 4.35. The zero-order valence-corrected chi connectivity index (χ0v) is 11.0. The Hall–Kier alpha value is -1.43. The fraction of sp³-hybridized carbons (Fsp3) is 0.308. The molecule has 1 aromatic heterocycles. The van der Waals surface area contributed by atoms with Crippen LogP contribution in [-0.2, 0) is 6.42 Å². The van der Waals surface area contributed by atoms with Gasteiger partial charge in [-0.2, -0.15) is 0 Å². The summed E-state index contributed by atoms with van der Waals surface area (Å²) in [5.74, 6) is 6.68. The van der Waals surface area contributed by atoms with E-state index in [-0.39, 0.29) is 6.04 Å². The Bertz CT molecular complexity index is 567. The maximum Gasteiger partial charge on any atom is 0.122 e. The zero-order chi connectivity index (χ0) is 12.5. The molecule has 0 radical (unpaired) electrons. The van der Waals surface area contributed by atoms with Crippen LogP contribution in [0.5, 0.6) is 5.75 Å². The minimum Gasteiger partial charge on any atom is -0.493 e. The quantitative estimate of drug-likeness (QED) is 0.655. The van der Waals surface area contributed by atoms with Gasteiger partial charge in [0, 0.05) is 17.5 Å². The second kappa shape index (κ2) is 4.68. The third kappa shape index (κ3) is 2.01. The molecule has 1 aliphatic rings. The second-order valence-corrected chi connectivity index (χ2v) is 5.61. The highest BCUT2D eigenvalue weighted by Crippen LogP contribution is 2.31. The number of nitrogens with zero attached hydrogens (tertiary/aromatic N) is 1. The molecule has 0 aliphatic carbocycles. The molecule has 2 aromatic rings. The highest BCUT2D eigenvalue weighted by atomic mass is 32.1. The van der Waals surface area contributed by atoms with Crippen LogP contribution in [0.25, 0.3) is 0 Å². The number of thiazole rings is 1. The van der Waals surface area contributed by atoms with Gasteiger partial charge in [-0.15, -0.1) is 11.3 Å². The predicted molar refractivity (Wildman–Crippen MR) is 71.7 cm³/mol. The Kier molecular flexibility index (Phi) is 3.03. The number of ether oxygens (including phenoxy) is 1. The number of hydrogen-bond donors (Lipinski definition) is 2. The Morgan fingerprint density at radius 1 is 1.50 bits per heavy atom. The van der Waals surface area contributed by atoms with Gasteiger partial charge in [-0.05, 0) is 30.2 Å². The molecule has 94 valence electrons. The van der Waals surface area contributed by atoms with Gasteiger partial charge in [0.2, 0.25) is 0 Å². The molecule has 1 unspecified atom stereocenters. The summed E-state index contributed by atoms with van der Waals surface area (Å²) in [4.78, 5) is 5.41. The maximum absolute atomic E-state index is 5.69. The first-order valence-corrected chi connectivity index (χ1v) is 6.73. The topological polar surface area (TPSA) is 60.2 Å². The molecule has 0 saturated carbocycles. The number of fused-ring (bicyclic) bond motifs is 1. The smallest absolute Gasteiger partial charge is 0.122 e. The SMILES string of the molecule is Cc1ncc(C(NN)c2ccc3c(c2)CCO3)s1. The summed E-state index contributed by atoms with van der Waals surface area (Å²) in [5.41, 5.74) is 5.28. The lowest BCUT2D eigenvalue weighted by Gasteiger charge is -2.15. The highest BCUT2D eigenvalue weighted by Gasteiger charge is 2.18. The summed E-state index contributed by atoms with van der Waals surface area (Å²) in [6.45, 7) is 2.78. The molecule has 1 aromatic carbocycles. The average molecular weight is 261 g/mol. The number of rotatable bonds is 3. The van der Waals surface area contributed by atoms with Crippen LogP contribution >= 0.6 is 11.3 Å². The van der Waals surface area contributed by atoms with Gasteiger partial charge in [0.15, 0.2) is 0 Å². The minimum atomic E-state index is 0.00194. The Balaban J connectivity index is 1.96. The Labute approximate surface area is 110 Å². The van der Waals surface area contributed by atoms with E-state index in [0.717, 1.165) is 34.2 Å². The van der Waals surface area contributed by atoms with Gasteiger partial charge in [-0.25, -0.2) is 10.4 Å². The van der Waals surface area contributed by atoms with Crippen molar-refractivity contribution >= 4 is 11.3 Å². The molecule has 2 heterocycles. The van der Waals surface area contributed by atoms with Gasteiger partial charge < -0.3 is 4.74 Å². The lowest BCUT2D eigenvalue weighted by Crippen LogP contribution is -2.28. The molecule has 0 bridgehead atoms. The number of hydrazine groups is 1. The van der Waals surface area contributed by atoms with Gasteiger partial charge in [0.05, 0.1) is 17.7 Å². The molecule has 0 spiro atoms. The van der Waals surface area contributed by atoms with E-state index in [4.69, 9.17) is 10.6 Å². The van der Waals surface area contributed by atoms with Crippen molar-refractivity contribution in [2.45, 2.75) is 19.4 Å². The minimum absolute atomic E-state index is 0.00194. The van der Waals surface area contributed by atoms with E-state index in [0.29, 0.717) is 0 Å². The molecular formula is C13H15N3OS. The summed E-state index contributed by atoms with van der Waals surface area (Å²) >= 11 is 1.66. The van der Waals surface area contributed by atoms with Gasteiger partial charge in [0.1, 0.15) is 5.75 Å². The van der Waals surface area contributed by atoms with Crippen LogP contribution in [0.4, 0.5) is 0 Å². The van der Waals surface area contributed by atoms with E-state index in [1.54, 1.807) is 11.3 Å². The first kappa shape index (κ1) is 11.6. The van der Waals surface area contributed by atoms with Crippen molar-refractivity contribution in [3.63, 3.8) is 0 Å². The van der Waals surface area contributed by atoms with Crippen LogP contribution in [0.2, 0.25) is 0 Å². The molecular weight excluding hydrogens is 246 g/mol. The van der Waals surface area contributed by atoms with Crippen LogP contribution in [-0.4, -0.2) is 11.6 Å². The van der Waals surface area contributed by atoms with Crippen molar-refractivity contribution in [1.29, 1.82) is 0 Å². The van der Waals surface area contributed by atoms with Crippen LogP contribution in [0.3, 0.4) is 0 Å². The molecule has 3 N–H and O–H groups in total. The molecule has 4 nitrogen and oxygen atoms in total. The summed E-state index contributed by atoms with van der Waals surface area (Å²) in [5, 5.41) is 1.05. The van der Waals surface area contributed by atoms with Gasteiger partial charge in [-0.3, -0.25) is 5.84 Å². The van der Waals surface area contributed by atoms with Gasteiger partial charge >= 0.3 is 0 Å². The monoisotopic (exact) mass is 261 g/mol. The van der Waals surface area contributed by atoms with E-state index in [9.17, 15) is 0 Å². The van der Waals surface area contributed by atoms with E-state index >= 15 is 0 Å². The Morgan fingerprint density at radius 2 is 2.39 bits per heavy atom. The lowest BCUT2D eigenvalue weighted by atomic mass is 10.0. The van der Waals surface area contributed by atoms with Crippen molar-refractivity contribution in [1.82, 2.24) is 10.4 Å². The molecule has 0 amide bonds. The van der Waals surface area contributed by atoms with Crippen LogP contribution in [0.1, 0.15) is 27.1 Å². The summed E-state index contributed by atoms with van der Waals surface area (Å²) < 4.78 is 5.52. The third-order valence-electron chi connectivity index (χ3n) is 3.14. The molecule has 1 atom stereocenters. The van der Waals surface area contributed by atoms with Gasteiger partial charge in [0.25, 0.3) is 0 Å². The van der Waals surface area contributed by atoms with Crippen molar-refractivity contribution in [2.24, 2.45) is 5.84 Å². The zero-order valence-electron chi connectivity index (χ0n) is 10.1. The lowest BCUT2D eigenvalue weighted by molar-refractivity contribution is 0.357. The molecule has 1 aliphatic heterocycles. The van der Waals surface area contributed by atoms with Crippen molar-refractivity contribution in [2.75, 3.05) is 6.61 Å². The molecule has 18 heavy (non-hydrogen) atoms. The molecule has 3 rings (SSSR count). The fourth-order valence-electron chi connectivity index (χ4n) is 2.24. The fourth-order valence-corrected chi connectivity index (χ4v) is 3.11. The highest BCUT2D eigenvalue weighted by molar-refractivity contribution is 7.11. The molecule has 5 heteroatoms. The Morgan fingerprint density at radius 3 is 3.11 bits per heavy atom. The number of hydrogen-bond acceptors (Lipinski definition) is 5. The van der Waals surface area contributed by atoms with E-state index < -0.39 is 0 Å². The van der Waals surface area contributed by atoms with Crippen molar-refractivity contribution in [3.8, 4) is 5.75 Å². The normalized spacial score (nSPS) is 15.2. The van der Waals surface area contributed by atoms with Crippen LogP contribution < -0.4 is 16.0 Å². The standard InChI is InChI=1S/C13H15N3OS/c1-8-15-7-12(18-8)13(16-14)10-2-3-11-9(6-10)4-5-17-11/h2-3,6-7,13,16H,4-5,14H2,1H3. The van der Waals surface area contributed by atoms with Crippen LogP contribution in [0, 0.1) is 6.92 Å². The first-order valence-electron chi connectivity index (χ1n) is 5.92. The number of benzene rings is 1. The van der Waals surface area contributed by atoms with E-state index in [2.05, 4.69) is 22.5 Å². The van der Waals surface area contributed by atoms with Gasteiger partial charge in [-0.1, -0.05) is 6.07 Å². The number of aromatic nitrogens is 1. The van der Waals surface area contributed by atoms with Crippen molar-refractivity contribution in [3.05, 3.63) is 45.4 Å². The van der Waals surface area contributed by atoms with Crippen molar-refractivity contribution < 1.29 is 4.74 Å². The average Bonchev–Trinajstić information content (AvgIpc) is 2.99. The largest absolute Gasteiger partial charge is 0.493 e. The summed E-state index contributed by atoms with van der Waals surface area (Å²) in [6, 6.07) is 6.25. The number of nitrogens with two attached hydrogens (primary N) is 1. The third-order valence-corrected chi connectivity index (χ3v) is 4.11. The van der Waals surface area contributed by atoms with E-state index in [1.807, 2.05) is 19.2 Å².